The molecule has 0 amide bonds. The van der Waals surface area contributed by atoms with E-state index in [1.165, 1.54) is 16.7 Å². The van der Waals surface area contributed by atoms with Gasteiger partial charge in [0, 0.05) is 11.0 Å². The van der Waals surface area contributed by atoms with E-state index in [1.807, 2.05) is 24.3 Å². The Morgan fingerprint density at radius 3 is 2.18 bits per heavy atom. The maximum Gasteiger partial charge on any atom is 0.187 e. The monoisotopic (exact) mass is 359 g/mol. The van der Waals surface area contributed by atoms with E-state index in [9.17, 15) is 0 Å². The Hall–Kier alpha value is -3.69. The fraction of sp³-hybridized carbons (Fsp3) is 0.160. The summed E-state index contributed by atoms with van der Waals surface area (Å²) in [7, 11) is 0. The average Bonchev–Trinajstić information content (AvgIpc) is 3.25. The molecule has 1 spiro atoms. The maximum atomic E-state index is 7.39. The quantitative estimate of drug-likeness (QED) is 0.383. The van der Waals surface area contributed by atoms with Crippen molar-refractivity contribution in [1.82, 2.24) is 0 Å². The minimum absolute atomic E-state index is 0.104. The van der Waals surface area contributed by atoms with Crippen molar-refractivity contribution in [1.29, 1.82) is 0 Å². The van der Waals surface area contributed by atoms with E-state index in [0.717, 1.165) is 41.7 Å². The molecule has 5 rings (SSSR count). The van der Waals surface area contributed by atoms with E-state index < -0.39 is 0 Å². The van der Waals surface area contributed by atoms with Crippen LogP contribution >= 0.6 is 0 Å². The summed E-state index contributed by atoms with van der Waals surface area (Å²) in [6.45, 7) is 14.6. The molecule has 0 unspecified atom stereocenters. The molecule has 0 heterocycles. The zero-order valence-corrected chi connectivity index (χ0v) is 15.3. The van der Waals surface area contributed by atoms with Crippen LogP contribution in [-0.4, -0.2) is 5.71 Å². The third kappa shape index (κ3) is 2.45. The van der Waals surface area contributed by atoms with Crippen molar-refractivity contribution in [3.8, 4) is 11.1 Å². The minimum atomic E-state index is -0.104. The van der Waals surface area contributed by atoms with Gasteiger partial charge in [-0.3, -0.25) is 0 Å². The predicted octanol–water partition coefficient (Wildman–Crippen LogP) is 5.87. The third-order valence-electron chi connectivity index (χ3n) is 6.03. The van der Waals surface area contributed by atoms with Crippen LogP contribution in [0.2, 0.25) is 0 Å². The minimum Gasteiger partial charge on any atom is -0.238 e. The molecule has 0 saturated carbocycles. The number of hydrogen-bond acceptors (Lipinski definition) is 1. The summed E-state index contributed by atoms with van der Waals surface area (Å²) in [5.74, 6) is 0. The Kier molecular flexibility index (Phi) is 3.64. The molecule has 3 heteroatoms. The Morgan fingerprint density at radius 2 is 1.46 bits per heavy atom. The lowest BCUT2D eigenvalue weighted by molar-refractivity contribution is 0.459. The lowest BCUT2D eigenvalue weighted by Crippen LogP contribution is -2.29. The smallest absolute Gasteiger partial charge is 0.187 e. The van der Waals surface area contributed by atoms with Gasteiger partial charge in [0.15, 0.2) is 5.69 Å². The van der Waals surface area contributed by atoms with E-state index in [-0.39, 0.29) is 5.41 Å². The van der Waals surface area contributed by atoms with Crippen LogP contribution in [0.15, 0.2) is 71.8 Å². The van der Waals surface area contributed by atoms with Gasteiger partial charge in [-0.25, -0.2) is 4.85 Å². The number of rotatable bonds is 1. The summed E-state index contributed by atoms with van der Waals surface area (Å²) in [5, 5.41) is 4.31. The maximum absolute atomic E-state index is 7.39. The second-order valence-corrected chi connectivity index (χ2v) is 7.66. The van der Waals surface area contributed by atoms with Gasteiger partial charge in [-0.1, -0.05) is 54.6 Å². The first-order valence-corrected chi connectivity index (χ1v) is 9.35. The zero-order chi connectivity index (χ0) is 19.1. The number of benzene rings is 3. The Morgan fingerprint density at radius 1 is 0.750 bits per heavy atom. The topological polar surface area (TPSA) is 21.1 Å². The molecule has 0 saturated heterocycles. The highest BCUT2D eigenvalue weighted by molar-refractivity contribution is 6.10. The largest absolute Gasteiger partial charge is 0.238 e. The molecule has 3 aromatic rings. The molecule has 3 aromatic carbocycles. The first-order chi connectivity index (χ1) is 13.7. The van der Waals surface area contributed by atoms with Gasteiger partial charge in [0.2, 0.25) is 0 Å². The fourth-order valence-electron chi connectivity index (χ4n) is 4.82. The van der Waals surface area contributed by atoms with Crippen LogP contribution in [-0.2, 0) is 19.3 Å². The molecule has 2 aliphatic carbocycles. The molecule has 2 aliphatic rings. The van der Waals surface area contributed by atoms with Gasteiger partial charge in [0.05, 0.1) is 11.7 Å². The zero-order valence-electron chi connectivity index (χ0n) is 15.3. The van der Waals surface area contributed by atoms with Gasteiger partial charge in [-0.15, -0.1) is 4.95 Å². The van der Waals surface area contributed by atoms with E-state index >= 15 is 0 Å². The highest BCUT2D eigenvalue weighted by Gasteiger charge is 2.48. The van der Waals surface area contributed by atoms with Crippen molar-refractivity contribution >= 4 is 11.4 Å². The predicted molar refractivity (Wildman–Crippen MR) is 111 cm³/mol. The lowest BCUT2D eigenvalue weighted by atomic mass is 9.80. The fourth-order valence-corrected chi connectivity index (χ4v) is 4.82. The van der Waals surface area contributed by atoms with Gasteiger partial charge in [-0.2, -0.15) is 6.57 Å². The first kappa shape index (κ1) is 16.5. The van der Waals surface area contributed by atoms with Gasteiger partial charge < -0.3 is 0 Å². The van der Waals surface area contributed by atoms with Crippen LogP contribution < -0.4 is 0 Å². The average molecular weight is 359 g/mol. The SMILES string of the molecule is [C-]#[N+]/N=C1\c2cc(-c3cccc([N+]#[C-])c3)ccc2CC12Cc1ccccc1C2. The number of fused-ring (bicyclic) bond motifs is 2. The molecule has 0 radical (unpaired) electrons. The van der Waals surface area contributed by atoms with E-state index in [2.05, 4.69) is 57.4 Å². The Balaban J connectivity index is 1.61. The van der Waals surface area contributed by atoms with Gasteiger partial charge in [0.25, 0.3) is 0 Å². The normalized spacial score (nSPS) is 17.1. The van der Waals surface area contributed by atoms with Crippen LogP contribution in [0.1, 0.15) is 22.3 Å². The molecule has 0 atom stereocenters. The van der Waals surface area contributed by atoms with Crippen molar-refractivity contribution in [2.24, 2.45) is 10.5 Å². The van der Waals surface area contributed by atoms with Crippen LogP contribution in [0, 0.1) is 18.6 Å². The van der Waals surface area contributed by atoms with Crippen molar-refractivity contribution in [3.05, 3.63) is 112 Å². The molecule has 0 fully saturated rings. The Labute approximate surface area is 164 Å². The van der Waals surface area contributed by atoms with Crippen molar-refractivity contribution in [3.63, 3.8) is 0 Å². The van der Waals surface area contributed by atoms with E-state index in [1.54, 1.807) is 0 Å². The van der Waals surface area contributed by atoms with Crippen molar-refractivity contribution in [2.75, 3.05) is 0 Å². The molecule has 0 N–H and O–H groups in total. The molecule has 28 heavy (non-hydrogen) atoms. The van der Waals surface area contributed by atoms with Crippen LogP contribution in [0.4, 0.5) is 5.69 Å². The van der Waals surface area contributed by atoms with E-state index in [0.29, 0.717) is 5.69 Å². The summed E-state index contributed by atoms with van der Waals surface area (Å²) in [4.78, 5) is 6.97. The number of nitrogens with zero attached hydrogens (tertiary/aromatic N) is 3. The molecule has 3 nitrogen and oxygen atoms in total. The molecular weight excluding hydrogens is 342 g/mol. The van der Waals surface area contributed by atoms with Crippen LogP contribution in [0.25, 0.3) is 20.9 Å². The summed E-state index contributed by atoms with van der Waals surface area (Å²) < 4.78 is 0. The van der Waals surface area contributed by atoms with Crippen molar-refractivity contribution in [2.45, 2.75) is 19.3 Å². The number of hydrogen-bond donors (Lipinski definition) is 0. The summed E-state index contributed by atoms with van der Waals surface area (Å²) >= 11 is 0. The molecule has 0 aromatic heterocycles. The first-order valence-electron chi connectivity index (χ1n) is 9.35. The third-order valence-corrected chi connectivity index (χ3v) is 6.03. The second kappa shape index (κ2) is 6.19. The molecule has 0 bridgehead atoms. The van der Waals surface area contributed by atoms with Crippen LogP contribution in [0.3, 0.4) is 0 Å². The molecule has 132 valence electrons. The van der Waals surface area contributed by atoms with Crippen LogP contribution in [0.5, 0.6) is 0 Å². The highest BCUT2D eigenvalue weighted by atomic mass is 15.2. The Bertz CT molecular complexity index is 1200. The summed E-state index contributed by atoms with van der Waals surface area (Å²) in [5.41, 5.74) is 8.65. The second-order valence-electron chi connectivity index (χ2n) is 7.66. The summed E-state index contributed by atoms with van der Waals surface area (Å²) in [6, 6.07) is 22.7. The molecular formula is C25H17N3. The summed E-state index contributed by atoms with van der Waals surface area (Å²) in [6.07, 6.45) is 2.80. The van der Waals surface area contributed by atoms with Gasteiger partial charge in [0.1, 0.15) is 5.71 Å². The lowest BCUT2D eigenvalue weighted by Gasteiger charge is -2.21. The standard InChI is InChI=1S/C25H17N3/c1-26-22-9-5-8-17(12-22)18-10-11-21-16-25(24(28-27-2)23(21)13-18)14-19-6-3-4-7-20(19)15-25/h3-13H,14-16H2/b28-24+. The van der Waals surface area contributed by atoms with E-state index in [4.69, 9.17) is 13.1 Å². The van der Waals surface area contributed by atoms with Gasteiger partial charge >= 0.3 is 0 Å². The highest BCUT2D eigenvalue weighted by Crippen LogP contribution is 2.48. The van der Waals surface area contributed by atoms with Crippen molar-refractivity contribution < 1.29 is 0 Å². The van der Waals surface area contributed by atoms with Gasteiger partial charge in [-0.05, 0) is 59.2 Å². The molecule has 0 aliphatic heterocycles.